The molecule has 0 spiro atoms. The van der Waals surface area contributed by atoms with Gasteiger partial charge in [0, 0.05) is 46.5 Å². The number of aryl methyl sites for hydroxylation is 1. The maximum absolute atomic E-state index is 10.0. The van der Waals surface area contributed by atoms with E-state index < -0.39 is 0 Å². The van der Waals surface area contributed by atoms with Crippen LogP contribution in [0.5, 0.6) is 5.75 Å². The Balaban J connectivity index is 1.57. The molecular formula is C17H24N6O. The molecule has 1 fully saturated rings. The normalized spacial score (nSPS) is 15.7. The number of aromatic hydroxyl groups is 1. The van der Waals surface area contributed by atoms with Gasteiger partial charge in [0.25, 0.3) is 0 Å². The van der Waals surface area contributed by atoms with Crippen LogP contribution in [0.25, 0.3) is 0 Å². The zero-order valence-corrected chi connectivity index (χ0v) is 14.2. The molecule has 1 aliphatic heterocycles. The molecule has 1 saturated heterocycles. The zero-order valence-electron chi connectivity index (χ0n) is 14.2. The quantitative estimate of drug-likeness (QED) is 0.650. The molecule has 2 N–H and O–H groups in total. The van der Waals surface area contributed by atoms with Crippen LogP contribution in [0.2, 0.25) is 0 Å². The van der Waals surface area contributed by atoms with Crippen LogP contribution in [0.3, 0.4) is 0 Å². The SMILES string of the molecule is CN=C(NCc1ccnn1C)N1CCN(c2ccccc2O)CC1. The molecule has 0 atom stereocenters. The summed E-state index contributed by atoms with van der Waals surface area (Å²) in [6.07, 6.45) is 1.80. The largest absolute Gasteiger partial charge is 0.506 e. The highest BCUT2D eigenvalue weighted by Crippen LogP contribution is 2.27. The van der Waals surface area contributed by atoms with Crippen LogP contribution in [0.1, 0.15) is 5.69 Å². The number of guanidine groups is 1. The minimum atomic E-state index is 0.338. The Morgan fingerprint density at radius 2 is 1.96 bits per heavy atom. The van der Waals surface area contributed by atoms with Crippen molar-refractivity contribution in [3.05, 3.63) is 42.2 Å². The van der Waals surface area contributed by atoms with Crippen molar-refractivity contribution >= 4 is 11.6 Å². The lowest BCUT2D eigenvalue weighted by molar-refractivity contribution is 0.369. The van der Waals surface area contributed by atoms with E-state index in [0.717, 1.165) is 43.5 Å². The first-order valence-corrected chi connectivity index (χ1v) is 8.14. The van der Waals surface area contributed by atoms with Crippen LogP contribution < -0.4 is 10.2 Å². The molecule has 0 saturated carbocycles. The second-order valence-electron chi connectivity index (χ2n) is 5.81. The minimum Gasteiger partial charge on any atom is -0.506 e. The molecule has 0 amide bonds. The summed E-state index contributed by atoms with van der Waals surface area (Å²) in [7, 11) is 3.74. The van der Waals surface area contributed by atoms with Gasteiger partial charge in [-0.25, -0.2) is 0 Å². The van der Waals surface area contributed by atoms with Crippen molar-refractivity contribution < 1.29 is 5.11 Å². The van der Waals surface area contributed by atoms with Crippen molar-refractivity contribution in [2.45, 2.75) is 6.54 Å². The Hall–Kier alpha value is -2.70. The molecule has 1 aromatic carbocycles. The smallest absolute Gasteiger partial charge is 0.194 e. The predicted molar refractivity (Wildman–Crippen MR) is 95.3 cm³/mol. The third-order valence-corrected chi connectivity index (χ3v) is 4.36. The lowest BCUT2D eigenvalue weighted by atomic mass is 10.2. The van der Waals surface area contributed by atoms with E-state index in [1.165, 1.54) is 0 Å². The fourth-order valence-corrected chi connectivity index (χ4v) is 2.97. The van der Waals surface area contributed by atoms with E-state index in [2.05, 4.69) is 25.2 Å². The van der Waals surface area contributed by atoms with E-state index in [4.69, 9.17) is 0 Å². The Morgan fingerprint density at radius 1 is 1.21 bits per heavy atom. The molecule has 0 unspecified atom stereocenters. The van der Waals surface area contributed by atoms with Gasteiger partial charge in [-0.3, -0.25) is 9.67 Å². The summed E-state index contributed by atoms with van der Waals surface area (Å²) >= 11 is 0. The van der Waals surface area contributed by atoms with Crippen LogP contribution in [0.15, 0.2) is 41.5 Å². The van der Waals surface area contributed by atoms with Gasteiger partial charge in [0.2, 0.25) is 0 Å². The molecule has 7 heteroatoms. The van der Waals surface area contributed by atoms with Crippen molar-refractivity contribution in [2.24, 2.45) is 12.0 Å². The Kier molecular flexibility index (Phi) is 4.88. The van der Waals surface area contributed by atoms with Gasteiger partial charge < -0.3 is 20.2 Å². The van der Waals surface area contributed by atoms with E-state index in [-0.39, 0.29) is 0 Å². The number of aliphatic imine (C=N–C) groups is 1. The maximum atomic E-state index is 10.0. The molecule has 0 aliphatic carbocycles. The number of nitrogens with one attached hydrogen (secondary N) is 1. The number of benzene rings is 1. The fraction of sp³-hybridized carbons (Fsp3) is 0.412. The Labute approximate surface area is 142 Å². The fourth-order valence-electron chi connectivity index (χ4n) is 2.97. The van der Waals surface area contributed by atoms with Gasteiger partial charge in [-0.15, -0.1) is 0 Å². The summed E-state index contributed by atoms with van der Waals surface area (Å²) in [6.45, 7) is 4.12. The molecule has 0 radical (unpaired) electrons. The number of piperazine rings is 1. The Morgan fingerprint density at radius 3 is 2.58 bits per heavy atom. The number of hydrogen-bond acceptors (Lipinski definition) is 4. The van der Waals surface area contributed by atoms with Crippen LogP contribution in [0, 0.1) is 0 Å². The molecular weight excluding hydrogens is 304 g/mol. The van der Waals surface area contributed by atoms with Crippen molar-refractivity contribution in [1.82, 2.24) is 20.0 Å². The number of aromatic nitrogens is 2. The summed E-state index contributed by atoms with van der Waals surface area (Å²) < 4.78 is 1.86. The topological polar surface area (TPSA) is 68.9 Å². The number of hydrogen-bond donors (Lipinski definition) is 2. The lowest BCUT2D eigenvalue weighted by Crippen LogP contribution is -2.52. The highest BCUT2D eigenvalue weighted by Gasteiger charge is 2.21. The lowest BCUT2D eigenvalue weighted by Gasteiger charge is -2.37. The number of rotatable bonds is 3. The first-order chi connectivity index (χ1) is 11.7. The molecule has 128 valence electrons. The van der Waals surface area contributed by atoms with Crippen molar-refractivity contribution in [3.63, 3.8) is 0 Å². The van der Waals surface area contributed by atoms with Crippen molar-refractivity contribution in [3.8, 4) is 5.75 Å². The van der Waals surface area contributed by atoms with E-state index in [9.17, 15) is 5.11 Å². The van der Waals surface area contributed by atoms with Crippen molar-refractivity contribution in [2.75, 3.05) is 38.1 Å². The summed E-state index contributed by atoms with van der Waals surface area (Å²) in [5.41, 5.74) is 2.01. The monoisotopic (exact) mass is 328 g/mol. The van der Waals surface area contributed by atoms with Gasteiger partial charge in [0.05, 0.1) is 17.9 Å². The van der Waals surface area contributed by atoms with E-state index in [1.807, 2.05) is 36.0 Å². The number of phenolic OH excluding ortho intramolecular Hbond substituents is 1. The van der Waals surface area contributed by atoms with E-state index in [0.29, 0.717) is 12.3 Å². The number of anilines is 1. The standard InChI is InChI=1S/C17H24N6O/c1-18-17(19-13-14-7-8-20-21(14)2)23-11-9-22(10-12-23)15-5-3-4-6-16(15)24/h3-8,24H,9-13H2,1-2H3,(H,18,19). The second kappa shape index (κ2) is 7.25. The third kappa shape index (κ3) is 3.45. The maximum Gasteiger partial charge on any atom is 0.194 e. The molecule has 24 heavy (non-hydrogen) atoms. The van der Waals surface area contributed by atoms with Crippen LogP contribution >= 0.6 is 0 Å². The number of para-hydroxylation sites is 2. The third-order valence-electron chi connectivity index (χ3n) is 4.36. The highest BCUT2D eigenvalue weighted by molar-refractivity contribution is 5.80. The first kappa shape index (κ1) is 16.2. The van der Waals surface area contributed by atoms with E-state index in [1.54, 1.807) is 19.3 Å². The first-order valence-electron chi connectivity index (χ1n) is 8.14. The van der Waals surface area contributed by atoms with Crippen molar-refractivity contribution in [1.29, 1.82) is 0 Å². The second-order valence-corrected chi connectivity index (χ2v) is 5.81. The van der Waals surface area contributed by atoms with Gasteiger partial charge in [-0.1, -0.05) is 12.1 Å². The summed E-state index contributed by atoms with van der Waals surface area (Å²) in [5.74, 6) is 1.23. The summed E-state index contributed by atoms with van der Waals surface area (Å²) in [5, 5.41) is 17.6. The summed E-state index contributed by atoms with van der Waals surface area (Å²) in [6, 6.07) is 9.49. The highest BCUT2D eigenvalue weighted by atomic mass is 16.3. The van der Waals surface area contributed by atoms with Crippen LogP contribution in [0.4, 0.5) is 5.69 Å². The number of phenols is 1. The average molecular weight is 328 g/mol. The van der Waals surface area contributed by atoms with Crippen LogP contribution in [-0.4, -0.2) is 59.0 Å². The zero-order chi connectivity index (χ0) is 16.9. The predicted octanol–water partition coefficient (Wildman–Crippen LogP) is 1.02. The molecule has 0 bridgehead atoms. The molecule has 1 aromatic heterocycles. The van der Waals surface area contributed by atoms with Crippen LogP contribution in [-0.2, 0) is 13.6 Å². The summed E-state index contributed by atoms with van der Waals surface area (Å²) in [4.78, 5) is 8.84. The molecule has 7 nitrogen and oxygen atoms in total. The number of nitrogens with zero attached hydrogens (tertiary/aromatic N) is 5. The van der Waals surface area contributed by atoms with Gasteiger partial charge in [0.1, 0.15) is 5.75 Å². The molecule has 3 rings (SSSR count). The van der Waals surface area contributed by atoms with E-state index >= 15 is 0 Å². The molecule has 1 aliphatic rings. The Bertz CT molecular complexity index is 703. The van der Waals surface area contributed by atoms with Gasteiger partial charge in [-0.05, 0) is 18.2 Å². The average Bonchev–Trinajstić information content (AvgIpc) is 3.02. The van der Waals surface area contributed by atoms with Gasteiger partial charge in [0.15, 0.2) is 5.96 Å². The molecule has 2 aromatic rings. The minimum absolute atomic E-state index is 0.338. The van der Waals surface area contributed by atoms with Gasteiger partial charge in [-0.2, -0.15) is 5.10 Å². The molecule has 2 heterocycles. The van der Waals surface area contributed by atoms with Gasteiger partial charge >= 0.3 is 0 Å².